The van der Waals surface area contributed by atoms with Crippen LogP contribution in [0.3, 0.4) is 0 Å². The molecule has 1 aromatic rings. The zero-order valence-corrected chi connectivity index (χ0v) is 11.3. The third-order valence-electron chi connectivity index (χ3n) is 2.57. The smallest absolute Gasteiger partial charge is 0.310 e. The number of hydrogen-bond donors (Lipinski definition) is 2. The Bertz CT molecular complexity index is 463. The van der Waals surface area contributed by atoms with Crippen LogP contribution in [0.25, 0.3) is 0 Å². The van der Waals surface area contributed by atoms with E-state index in [1.165, 1.54) is 0 Å². The van der Waals surface area contributed by atoms with E-state index in [0.717, 1.165) is 5.56 Å². The van der Waals surface area contributed by atoms with Crippen LogP contribution in [0.4, 0.5) is 0 Å². The topological polar surface area (TPSA) is 66.4 Å². The molecule has 0 saturated carbocycles. The van der Waals surface area contributed by atoms with E-state index in [1.807, 2.05) is 6.92 Å². The molecule has 4 nitrogen and oxygen atoms in total. The Morgan fingerprint density at radius 2 is 1.94 bits per heavy atom. The van der Waals surface area contributed by atoms with E-state index in [4.69, 9.17) is 16.7 Å². The molecular formula is C13H16ClNO3. The van der Waals surface area contributed by atoms with Gasteiger partial charge in [0.25, 0.3) is 5.91 Å². The normalized spacial score (nSPS) is 11.1. The van der Waals surface area contributed by atoms with Gasteiger partial charge < -0.3 is 10.4 Å². The minimum Gasteiger partial charge on any atom is -0.481 e. The van der Waals surface area contributed by atoms with Crippen LogP contribution in [0.2, 0.25) is 5.02 Å². The van der Waals surface area contributed by atoms with Crippen molar-refractivity contribution in [2.75, 3.05) is 6.54 Å². The minimum atomic E-state index is -0.997. The van der Waals surface area contributed by atoms with Crippen LogP contribution in [0.1, 0.15) is 29.8 Å². The highest BCUT2D eigenvalue weighted by Gasteiger charge is 2.27. The fourth-order valence-electron chi connectivity index (χ4n) is 1.35. The van der Waals surface area contributed by atoms with Gasteiger partial charge in [-0.3, -0.25) is 9.59 Å². The van der Waals surface area contributed by atoms with Crippen LogP contribution in [0.5, 0.6) is 0 Å². The molecule has 0 unspecified atom stereocenters. The summed E-state index contributed by atoms with van der Waals surface area (Å²) in [6.45, 7) is 5.01. The second-order valence-corrected chi connectivity index (χ2v) is 5.33. The SMILES string of the molecule is Cc1cc(Cl)cc(C(=O)NCC(C)(C)C(=O)O)c1. The largest absolute Gasteiger partial charge is 0.481 e. The number of carbonyl (C=O) groups excluding carboxylic acids is 1. The van der Waals surface area contributed by atoms with E-state index in [9.17, 15) is 9.59 Å². The summed E-state index contributed by atoms with van der Waals surface area (Å²) in [5, 5.41) is 12.0. The van der Waals surface area contributed by atoms with Crippen molar-refractivity contribution in [1.82, 2.24) is 5.32 Å². The van der Waals surface area contributed by atoms with Crippen molar-refractivity contribution >= 4 is 23.5 Å². The molecule has 2 N–H and O–H groups in total. The van der Waals surface area contributed by atoms with Crippen LogP contribution >= 0.6 is 11.6 Å². The van der Waals surface area contributed by atoms with Crippen molar-refractivity contribution in [3.05, 3.63) is 34.3 Å². The van der Waals surface area contributed by atoms with E-state index in [1.54, 1.807) is 32.0 Å². The van der Waals surface area contributed by atoms with Gasteiger partial charge >= 0.3 is 5.97 Å². The number of rotatable bonds is 4. The number of hydrogen-bond acceptors (Lipinski definition) is 2. The molecule has 0 saturated heterocycles. The molecule has 0 aliphatic carbocycles. The predicted octanol–water partition coefficient (Wildman–Crippen LogP) is 2.49. The average molecular weight is 270 g/mol. The van der Waals surface area contributed by atoms with E-state index >= 15 is 0 Å². The molecule has 0 atom stereocenters. The van der Waals surface area contributed by atoms with Gasteiger partial charge in [0.15, 0.2) is 0 Å². The molecule has 1 rings (SSSR count). The van der Waals surface area contributed by atoms with Crippen LogP contribution in [-0.2, 0) is 4.79 Å². The van der Waals surface area contributed by atoms with E-state index in [-0.39, 0.29) is 12.5 Å². The van der Waals surface area contributed by atoms with Crippen LogP contribution in [-0.4, -0.2) is 23.5 Å². The number of benzene rings is 1. The fourth-order valence-corrected chi connectivity index (χ4v) is 1.64. The van der Waals surface area contributed by atoms with Crippen molar-refractivity contribution in [2.24, 2.45) is 5.41 Å². The second-order valence-electron chi connectivity index (χ2n) is 4.89. The molecule has 0 bridgehead atoms. The molecule has 0 radical (unpaired) electrons. The number of halogens is 1. The summed E-state index contributed by atoms with van der Waals surface area (Å²) < 4.78 is 0. The molecule has 1 amide bonds. The van der Waals surface area contributed by atoms with Crippen molar-refractivity contribution < 1.29 is 14.7 Å². The lowest BCUT2D eigenvalue weighted by Crippen LogP contribution is -2.38. The number of amides is 1. The van der Waals surface area contributed by atoms with Crippen molar-refractivity contribution in [2.45, 2.75) is 20.8 Å². The van der Waals surface area contributed by atoms with Gasteiger partial charge in [0.1, 0.15) is 0 Å². The maximum atomic E-state index is 11.9. The number of aryl methyl sites for hydroxylation is 1. The summed E-state index contributed by atoms with van der Waals surface area (Å²) in [5.41, 5.74) is 0.315. The van der Waals surface area contributed by atoms with Crippen molar-refractivity contribution in [3.63, 3.8) is 0 Å². The lowest BCUT2D eigenvalue weighted by Gasteiger charge is -2.19. The van der Waals surface area contributed by atoms with E-state index in [2.05, 4.69) is 5.32 Å². The quantitative estimate of drug-likeness (QED) is 0.882. The maximum absolute atomic E-state index is 11.9. The zero-order chi connectivity index (χ0) is 13.9. The van der Waals surface area contributed by atoms with Crippen molar-refractivity contribution in [1.29, 1.82) is 0 Å². The Hall–Kier alpha value is -1.55. The first-order valence-electron chi connectivity index (χ1n) is 5.51. The summed E-state index contributed by atoms with van der Waals surface area (Å²) in [5.74, 6) is -1.28. The van der Waals surface area contributed by atoms with Gasteiger partial charge in [-0.2, -0.15) is 0 Å². The molecular weight excluding hydrogens is 254 g/mol. The van der Waals surface area contributed by atoms with Gasteiger partial charge in [0.05, 0.1) is 5.41 Å². The summed E-state index contributed by atoms with van der Waals surface area (Å²) in [7, 11) is 0. The Balaban J connectivity index is 2.75. The molecule has 0 aromatic heterocycles. The Morgan fingerprint density at radius 1 is 1.33 bits per heavy atom. The van der Waals surface area contributed by atoms with E-state index in [0.29, 0.717) is 10.6 Å². The molecule has 98 valence electrons. The summed E-state index contributed by atoms with van der Waals surface area (Å²) in [4.78, 5) is 22.8. The number of carboxylic acid groups (broad SMARTS) is 1. The van der Waals surface area contributed by atoms with Crippen LogP contribution in [0.15, 0.2) is 18.2 Å². The molecule has 0 heterocycles. The third kappa shape index (κ3) is 3.74. The molecule has 0 fully saturated rings. The highest BCUT2D eigenvalue weighted by Crippen LogP contribution is 2.16. The Labute approximate surface area is 111 Å². The lowest BCUT2D eigenvalue weighted by molar-refractivity contribution is -0.146. The van der Waals surface area contributed by atoms with Gasteiger partial charge in [-0.15, -0.1) is 0 Å². The first kappa shape index (κ1) is 14.5. The number of carboxylic acids is 1. The lowest BCUT2D eigenvalue weighted by atomic mass is 9.94. The molecule has 5 heteroatoms. The minimum absolute atomic E-state index is 0.0622. The first-order valence-corrected chi connectivity index (χ1v) is 5.89. The second kappa shape index (κ2) is 5.40. The third-order valence-corrected chi connectivity index (χ3v) is 2.79. The average Bonchev–Trinajstić information content (AvgIpc) is 2.24. The zero-order valence-electron chi connectivity index (χ0n) is 10.6. The standard InChI is InChI=1S/C13H16ClNO3/c1-8-4-9(6-10(14)5-8)11(16)15-7-13(2,3)12(17)18/h4-6H,7H2,1-3H3,(H,15,16)(H,17,18). The Morgan fingerprint density at radius 3 is 2.44 bits per heavy atom. The first-order chi connectivity index (χ1) is 8.22. The predicted molar refractivity (Wildman–Crippen MR) is 69.9 cm³/mol. The fraction of sp³-hybridized carbons (Fsp3) is 0.385. The number of carbonyl (C=O) groups is 2. The highest BCUT2D eigenvalue weighted by atomic mass is 35.5. The van der Waals surface area contributed by atoms with Crippen LogP contribution in [0, 0.1) is 12.3 Å². The summed E-state index contributed by atoms with van der Waals surface area (Å²) >= 11 is 5.86. The molecule has 18 heavy (non-hydrogen) atoms. The van der Waals surface area contributed by atoms with Crippen LogP contribution < -0.4 is 5.32 Å². The number of aliphatic carboxylic acids is 1. The van der Waals surface area contributed by atoms with Gasteiger partial charge in [-0.1, -0.05) is 11.6 Å². The Kier molecular flexibility index (Phi) is 4.35. The molecule has 0 aliphatic heterocycles. The van der Waals surface area contributed by atoms with E-state index < -0.39 is 11.4 Å². The van der Waals surface area contributed by atoms with Gasteiger partial charge in [-0.05, 0) is 44.5 Å². The van der Waals surface area contributed by atoms with Gasteiger partial charge in [-0.25, -0.2) is 0 Å². The number of nitrogens with one attached hydrogen (secondary N) is 1. The summed E-state index contributed by atoms with van der Waals surface area (Å²) in [6, 6.07) is 5.01. The van der Waals surface area contributed by atoms with Gasteiger partial charge in [0.2, 0.25) is 0 Å². The van der Waals surface area contributed by atoms with Gasteiger partial charge in [0, 0.05) is 17.1 Å². The molecule has 0 spiro atoms. The highest BCUT2D eigenvalue weighted by molar-refractivity contribution is 6.31. The van der Waals surface area contributed by atoms with Crippen molar-refractivity contribution in [3.8, 4) is 0 Å². The maximum Gasteiger partial charge on any atom is 0.310 e. The summed E-state index contributed by atoms with van der Waals surface area (Å²) in [6.07, 6.45) is 0. The molecule has 0 aliphatic rings. The molecule has 1 aromatic carbocycles. The monoisotopic (exact) mass is 269 g/mol.